The van der Waals surface area contributed by atoms with Gasteiger partial charge < -0.3 is 5.32 Å². The number of nitrogens with one attached hydrogen (secondary N) is 2. The van der Waals surface area contributed by atoms with E-state index in [1.54, 1.807) is 38.1 Å². The van der Waals surface area contributed by atoms with Gasteiger partial charge in [0.2, 0.25) is 10.0 Å². The predicted molar refractivity (Wildman–Crippen MR) is 102 cm³/mol. The van der Waals surface area contributed by atoms with Gasteiger partial charge >= 0.3 is 0 Å². The number of benzene rings is 2. The van der Waals surface area contributed by atoms with Crippen molar-refractivity contribution in [2.75, 3.05) is 12.4 Å². The molecule has 8 heteroatoms. The number of hydrogen-bond acceptors (Lipinski definition) is 4. The summed E-state index contributed by atoms with van der Waals surface area (Å²) in [5, 5.41) is 3.14. The zero-order valence-corrected chi connectivity index (χ0v) is 16.0. The zero-order chi connectivity index (χ0) is 19.1. The number of thiophene rings is 1. The van der Waals surface area contributed by atoms with Gasteiger partial charge in [0.1, 0.15) is 5.82 Å². The van der Waals surface area contributed by atoms with Gasteiger partial charge in [-0.1, -0.05) is 12.1 Å². The number of hydrogen-bond donors (Lipinski definition) is 2. The van der Waals surface area contributed by atoms with Gasteiger partial charge in [0, 0.05) is 15.8 Å². The highest BCUT2D eigenvalue weighted by atomic mass is 32.2. The molecule has 136 valence electrons. The highest BCUT2D eigenvalue weighted by Crippen LogP contribution is 2.33. The monoisotopic (exact) mass is 392 g/mol. The summed E-state index contributed by atoms with van der Waals surface area (Å²) in [4.78, 5) is 13.1. The number of carbonyl (C=O) groups excluding carboxylic acids is 1. The highest BCUT2D eigenvalue weighted by Gasteiger charge is 2.19. The maximum Gasteiger partial charge on any atom is 0.266 e. The smallest absolute Gasteiger partial charge is 0.266 e. The van der Waals surface area contributed by atoms with Crippen LogP contribution in [0.4, 0.5) is 10.1 Å². The predicted octanol–water partition coefficient (Wildman–Crippen LogP) is 3.82. The topological polar surface area (TPSA) is 75.3 Å². The maximum absolute atomic E-state index is 14.0. The molecular formula is C18H17FN2O3S2. The molecule has 2 aromatic carbocycles. The Kier molecular flexibility index (Phi) is 4.83. The van der Waals surface area contributed by atoms with Crippen molar-refractivity contribution in [3.8, 4) is 0 Å². The highest BCUT2D eigenvalue weighted by molar-refractivity contribution is 7.89. The summed E-state index contributed by atoms with van der Waals surface area (Å²) in [5.41, 5.74) is 1.49. The quantitative estimate of drug-likeness (QED) is 0.709. The van der Waals surface area contributed by atoms with E-state index in [1.807, 2.05) is 0 Å². The summed E-state index contributed by atoms with van der Waals surface area (Å²) in [7, 11) is -2.31. The molecule has 0 saturated carbocycles. The lowest BCUT2D eigenvalue weighted by Gasteiger charge is -2.10. The van der Waals surface area contributed by atoms with E-state index >= 15 is 0 Å². The van der Waals surface area contributed by atoms with E-state index in [2.05, 4.69) is 10.0 Å². The van der Waals surface area contributed by atoms with Crippen molar-refractivity contribution < 1.29 is 17.6 Å². The Hall–Kier alpha value is -2.29. The van der Waals surface area contributed by atoms with Crippen molar-refractivity contribution >= 4 is 43.0 Å². The van der Waals surface area contributed by atoms with Gasteiger partial charge in [0.05, 0.1) is 9.77 Å². The Balaban J connectivity index is 1.98. The first-order valence-corrected chi connectivity index (χ1v) is 10.1. The van der Waals surface area contributed by atoms with Crippen LogP contribution < -0.4 is 10.0 Å². The van der Waals surface area contributed by atoms with Crippen LogP contribution in [0, 0.1) is 19.7 Å². The standard InChI is InChI=1S/C18H17FN2O3S2/c1-10-7-8-12(9-15(10)26(23,24)20-3)21-18(22)17-11(2)16-13(19)5-4-6-14(16)25-17/h4-9,20H,1-3H3,(H,21,22). The third kappa shape index (κ3) is 3.23. The van der Waals surface area contributed by atoms with Crippen molar-refractivity contribution in [1.29, 1.82) is 0 Å². The summed E-state index contributed by atoms with van der Waals surface area (Å²) < 4.78 is 41.1. The van der Waals surface area contributed by atoms with E-state index in [1.165, 1.54) is 30.5 Å². The second-order valence-electron chi connectivity index (χ2n) is 5.81. The number of anilines is 1. The largest absolute Gasteiger partial charge is 0.321 e. The molecule has 1 heterocycles. The van der Waals surface area contributed by atoms with E-state index in [9.17, 15) is 17.6 Å². The molecule has 0 unspecified atom stereocenters. The van der Waals surface area contributed by atoms with Gasteiger partial charge in [-0.2, -0.15) is 0 Å². The Bertz CT molecular complexity index is 1120. The number of sulfonamides is 1. The molecule has 2 N–H and O–H groups in total. The summed E-state index contributed by atoms with van der Waals surface area (Å²) in [5.74, 6) is -0.771. The number of aryl methyl sites for hydroxylation is 2. The van der Waals surface area contributed by atoms with E-state index in [0.29, 0.717) is 31.8 Å². The number of halogens is 1. The molecule has 1 amide bonds. The number of amides is 1. The Morgan fingerprint density at radius 2 is 1.88 bits per heavy atom. The van der Waals surface area contributed by atoms with Crippen molar-refractivity contribution in [3.05, 3.63) is 58.2 Å². The second-order valence-corrected chi connectivity index (χ2v) is 8.72. The van der Waals surface area contributed by atoms with Crippen LogP contribution in [0.25, 0.3) is 10.1 Å². The fourth-order valence-corrected chi connectivity index (χ4v) is 4.85. The molecule has 26 heavy (non-hydrogen) atoms. The summed E-state index contributed by atoms with van der Waals surface area (Å²) in [6.07, 6.45) is 0. The fraction of sp³-hybridized carbons (Fsp3) is 0.167. The van der Waals surface area contributed by atoms with Crippen molar-refractivity contribution in [1.82, 2.24) is 4.72 Å². The summed E-state index contributed by atoms with van der Waals surface area (Å²) >= 11 is 1.20. The van der Waals surface area contributed by atoms with E-state index in [0.717, 1.165) is 0 Å². The van der Waals surface area contributed by atoms with Crippen molar-refractivity contribution in [3.63, 3.8) is 0 Å². The van der Waals surface area contributed by atoms with Crippen LogP contribution in [-0.4, -0.2) is 21.4 Å². The number of fused-ring (bicyclic) bond motifs is 1. The molecule has 0 spiro atoms. The molecule has 0 aliphatic heterocycles. The minimum atomic E-state index is -3.63. The second kappa shape index (κ2) is 6.79. The first kappa shape index (κ1) is 18.5. The van der Waals surface area contributed by atoms with Crippen molar-refractivity contribution in [2.24, 2.45) is 0 Å². The lowest BCUT2D eigenvalue weighted by Crippen LogP contribution is -2.20. The Labute approximate surface area is 154 Å². The first-order valence-electron chi connectivity index (χ1n) is 7.77. The molecule has 0 aliphatic carbocycles. The van der Waals surface area contributed by atoms with Crippen LogP contribution in [0.1, 0.15) is 20.8 Å². The van der Waals surface area contributed by atoms with Gasteiger partial charge in [-0.15, -0.1) is 11.3 Å². The van der Waals surface area contributed by atoms with Gasteiger partial charge in [-0.05, 0) is 56.3 Å². The van der Waals surface area contributed by atoms with Crippen LogP contribution in [-0.2, 0) is 10.0 Å². The number of rotatable bonds is 4. The van der Waals surface area contributed by atoms with Crippen LogP contribution in [0.2, 0.25) is 0 Å². The molecule has 3 aromatic rings. The summed E-state index contributed by atoms with van der Waals surface area (Å²) in [6, 6.07) is 9.38. The minimum absolute atomic E-state index is 0.0944. The molecular weight excluding hydrogens is 375 g/mol. The lowest BCUT2D eigenvalue weighted by atomic mass is 10.1. The van der Waals surface area contributed by atoms with Crippen LogP contribution in [0.15, 0.2) is 41.3 Å². The lowest BCUT2D eigenvalue weighted by molar-refractivity contribution is 0.103. The molecule has 0 radical (unpaired) electrons. The van der Waals surface area contributed by atoms with E-state index in [4.69, 9.17) is 0 Å². The third-order valence-corrected chi connectivity index (χ3v) is 6.93. The SMILES string of the molecule is CNS(=O)(=O)c1cc(NC(=O)c2sc3cccc(F)c3c2C)ccc1C. The molecule has 0 aliphatic rings. The first-order chi connectivity index (χ1) is 12.2. The maximum atomic E-state index is 14.0. The Morgan fingerprint density at radius 1 is 1.15 bits per heavy atom. The van der Waals surface area contributed by atoms with Crippen LogP contribution >= 0.6 is 11.3 Å². The summed E-state index contributed by atoms with van der Waals surface area (Å²) in [6.45, 7) is 3.37. The fourth-order valence-electron chi connectivity index (χ4n) is 2.74. The van der Waals surface area contributed by atoms with Gasteiger partial charge in [0.15, 0.2) is 0 Å². The number of carbonyl (C=O) groups is 1. The van der Waals surface area contributed by atoms with E-state index < -0.39 is 15.9 Å². The van der Waals surface area contributed by atoms with E-state index in [-0.39, 0.29) is 10.7 Å². The van der Waals surface area contributed by atoms with Gasteiger partial charge in [-0.25, -0.2) is 17.5 Å². The molecule has 0 saturated heterocycles. The van der Waals surface area contributed by atoms with Gasteiger partial charge in [0.25, 0.3) is 5.91 Å². The van der Waals surface area contributed by atoms with Crippen LogP contribution in [0.3, 0.4) is 0 Å². The molecule has 5 nitrogen and oxygen atoms in total. The average Bonchev–Trinajstić information content (AvgIpc) is 2.94. The van der Waals surface area contributed by atoms with Crippen molar-refractivity contribution in [2.45, 2.75) is 18.7 Å². The molecule has 0 bridgehead atoms. The minimum Gasteiger partial charge on any atom is -0.321 e. The molecule has 1 aromatic heterocycles. The molecule has 3 rings (SSSR count). The third-order valence-electron chi connectivity index (χ3n) is 4.11. The van der Waals surface area contributed by atoms with Crippen LogP contribution in [0.5, 0.6) is 0 Å². The van der Waals surface area contributed by atoms with Gasteiger partial charge in [-0.3, -0.25) is 4.79 Å². The normalized spacial score (nSPS) is 11.7. The zero-order valence-electron chi connectivity index (χ0n) is 14.4. The average molecular weight is 392 g/mol. The Morgan fingerprint density at radius 3 is 2.54 bits per heavy atom. The molecule has 0 atom stereocenters. The molecule has 0 fully saturated rings.